The number of rotatable bonds is 3. The van der Waals surface area contributed by atoms with E-state index in [1.54, 1.807) is 28.8 Å². The summed E-state index contributed by atoms with van der Waals surface area (Å²) < 4.78 is 5.53. The van der Waals surface area contributed by atoms with Crippen LogP contribution >= 0.6 is 29.0 Å². The number of hydrogen-bond acceptors (Lipinski definition) is 3. The van der Waals surface area contributed by atoms with Crippen molar-refractivity contribution in [2.24, 2.45) is 7.05 Å². The Labute approximate surface area is 219 Å². The summed E-state index contributed by atoms with van der Waals surface area (Å²) in [7, 11) is 1.84. The molecule has 1 amide bonds. The molecule has 3 aromatic rings. The molecule has 34 heavy (non-hydrogen) atoms. The first kappa shape index (κ1) is 24.7. The number of nitrogens with one attached hydrogen (secondary N) is 3. The molecule has 0 spiro atoms. The predicted octanol–water partition coefficient (Wildman–Crippen LogP) is -0.309. The van der Waals surface area contributed by atoms with Gasteiger partial charge in [0.25, 0.3) is 0 Å². The van der Waals surface area contributed by atoms with E-state index in [2.05, 4.69) is 33.3 Å². The number of anilines is 1. The van der Waals surface area contributed by atoms with E-state index in [0.29, 0.717) is 11.1 Å². The third kappa shape index (κ3) is 5.63. The van der Waals surface area contributed by atoms with Crippen molar-refractivity contribution < 1.29 is 22.0 Å². The Bertz CT molecular complexity index is 1500. The molecule has 9 heteroatoms. The van der Waals surface area contributed by atoms with E-state index < -0.39 is 0 Å². The average Bonchev–Trinajstić information content (AvgIpc) is 3.02. The molecule has 0 fully saturated rings. The number of nitrogens with zero attached hydrogens (tertiary/aromatic N) is 1. The van der Waals surface area contributed by atoms with Gasteiger partial charge in [0.15, 0.2) is 0 Å². The van der Waals surface area contributed by atoms with Gasteiger partial charge in [-0.15, -0.1) is 0 Å². The van der Waals surface area contributed by atoms with Crippen molar-refractivity contribution in [1.82, 2.24) is 15.4 Å². The molecule has 4 rings (SSSR count). The summed E-state index contributed by atoms with van der Waals surface area (Å²) in [6, 6.07) is 16.7. The van der Waals surface area contributed by atoms with Gasteiger partial charge in [0, 0.05) is 5.56 Å². The Balaban J connectivity index is 1.58. The number of aromatic nitrogens is 1. The number of hydrazine groups is 1. The Hall–Kier alpha value is -2.38. The molecule has 0 saturated heterocycles. The number of benzene rings is 2. The van der Waals surface area contributed by atoms with E-state index >= 15 is 0 Å². The number of aryl methyl sites for hydroxylation is 1. The SMILES string of the molecule is CC1=I[I-]C=c2cc(-c3cc(NC(=S)NNC(=O)c4ccccc4)ccc3C)c(=O)n(C)c2=C1. The van der Waals surface area contributed by atoms with Crippen LogP contribution in [0.2, 0.25) is 0 Å². The predicted molar refractivity (Wildman–Crippen MR) is 148 cm³/mol. The minimum absolute atomic E-state index is 0.0226. The summed E-state index contributed by atoms with van der Waals surface area (Å²) in [4.78, 5) is 25.5. The summed E-state index contributed by atoms with van der Waals surface area (Å²) in [5, 5.41) is 5.47. The van der Waals surface area contributed by atoms with Crippen molar-refractivity contribution in [2.45, 2.75) is 13.8 Å². The van der Waals surface area contributed by atoms with E-state index in [1.807, 2.05) is 44.3 Å². The number of pyridine rings is 1. The molecule has 0 unspecified atom stereocenters. The van der Waals surface area contributed by atoms with Crippen LogP contribution in [0, 0.1) is 6.92 Å². The van der Waals surface area contributed by atoms with Crippen molar-refractivity contribution in [3.05, 3.63) is 86.6 Å². The zero-order chi connectivity index (χ0) is 24.2. The third-order valence-electron chi connectivity index (χ3n) is 5.25. The van der Waals surface area contributed by atoms with Gasteiger partial charge in [-0.1, -0.05) is 18.2 Å². The van der Waals surface area contributed by atoms with Gasteiger partial charge in [-0.05, 0) is 12.1 Å². The molecule has 6 nitrogen and oxygen atoms in total. The van der Waals surface area contributed by atoms with Crippen LogP contribution in [0.25, 0.3) is 21.3 Å². The zero-order valence-corrected chi connectivity index (χ0v) is 23.9. The van der Waals surface area contributed by atoms with Gasteiger partial charge in [-0.3, -0.25) is 4.79 Å². The Morgan fingerprint density at radius 1 is 1.03 bits per heavy atom. The van der Waals surface area contributed by atoms with Crippen LogP contribution in [0.1, 0.15) is 22.8 Å². The number of hydrogen-bond donors (Lipinski definition) is 3. The summed E-state index contributed by atoms with van der Waals surface area (Å²) in [5.74, 6) is -0.284. The van der Waals surface area contributed by atoms with Crippen LogP contribution in [0.5, 0.6) is 0 Å². The first-order valence-corrected chi connectivity index (χ1v) is 19.4. The summed E-state index contributed by atoms with van der Waals surface area (Å²) in [5.41, 5.74) is 9.07. The van der Waals surface area contributed by atoms with Crippen LogP contribution < -0.4 is 49.5 Å². The zero-order valence-electron chi connectivity index (χ0n) is 18.8. The molecule has 2 heterocycles. The number of fused-ring (bicyclic) bond motifs is 1. The normalized spacial score (nSPS) is 12.7. The molecule has 1 aliphatic rings. The quantitative estimate of drug-likeness (QED) is 0.199. The van der Waals surface area contributed by atoms with Crippen molar-refractivity contribution in [2.75, 3.05) is 5.32 Å². The van der Waals surface area contributed by atoms with Gasteiger partial charge in [0.05, 0.1) is 0 Å². The van der Waals surface area contributed by atoms with Crippen LogP contribution in [-0.4, -0.2) is 19.1 Å². The summed E-state index contributed by atoms with van der Waals surface area (Å²) in [6.07, 6.45) is 2.18. The molecule has 0 atom stereocenters. The molecule has 176 valence electrons. The van der Waals surface area contributed by atoms with E-state index in [4.69, 9.17) is 12.2 Å². The first-order valence-electron chi connectivity index (χ1n) is 10.4. The molecule has 2 aromatic carbocycles. The summed E-state index contributed by atoms with van der Waals surface area (Å²) >= 11 is 5.45. The number of carbonyl (C=O) groups excluding carboxylic acids is 1. The summed E-state index contributed by atoms with van der Waals surface area (Å²) in [6.45, 7) is 4.17. The van der Waals surface area contributed by atoms with E-state index in [0.717, 1.165) is 27.4 Å². The molecular formula is C25H23I2N4O2S-. The first-order chi connectivity index (χ1) is 16.3. The van der Waals surface area contributed by atoms with E-state index in [-0.39, 0.29) is 50.6 Å². The van der Waals surface area contributed by atoms with Gasteiger partial charge in [0.1, 0.15) is 0 Å². The minimum atomic E-state index is -0.284. The van der Waals surface area contributed by atoms with Crippen LogP contribution in [0.4, 0.5) is 5.69 Å². The third-order valence-corrected chi connectivity index (χ3v) is 15.0. The maximum absolute atomic E-state index is 13.3. The molecule has 0 radical (unpaired) electrons. The number of thiocarbonyl (C=S) groups is 1. The molecule has 0 saturated carbocycles. The van der Waals surface area contributed by atoms with Crippen LogP contribution in [0.3, 0.4) is 0 Å². The van der Waals surface area contributed by atoms with Gasteiger partial charge in [-0.2, -0.15) is 0 Å². The molecule has 1 aromatic heterocycles. The number of amides is 1. The van der Waals surface area contributed by atoms with E-state index in [1.165, 1.54) is 3.51 Å². The fraction of sp³-hybridized carbons (Fsp3) is 0.120. The Kier molecular flexibility index (Phi) is 7.94. The molecule has 0 bridgehead atoms. The second-order valence-electron chi connectivity index (χ2n) is 7.69. The van der Waals surface area contributed by atoms with Crippen molar-refractivity contribution in [3.8, 4) is 11.1 Å². The van der Waals surface area contributed by atoms with E-state index in [9.17, 15) is 9.59 Å². The second-order valence-corrected chi connectivity index (χ2v) is 17.2. The number of carbonyl (C=O) groups is 1. The Morgan fingerprint density at radius 2 is 1.79 bits per heavy atom. The molecular weight excluding hydrogens is 674 g/mol. The molecule has 1 aliphatic heterocycles. The van der Waals surface area contributed by atoms with Crippen LogP contribution in [0.15, 0.2) is 59.4 Å². The van der Waals surface area contributed by atoms with Crippen LogP contribution in [-0.2, 0) is 7.05 Å². The second kappa shape index (κ2) is 10.9. The maximum atomic E-state index is 13.3. The van der Waals surface area contributed by atoms with Gasteiger partial charge in [0.2, 0.25) is 0 Å². The Morgan fingerprint density at radius 3 is 2.56 bits per heavy atom. The molecule has 3 N–H and O–H groups in total. The monoisotopic (exact) mass is 697 g/mol. The average molecular weight is 697 g/mol. The van der Waals surface area contributed by atoms with Gasteiger partial charge in [-0.25, -0.2) is 0 Å². The van der Waals surface area contributed by atoms with Gasteiger partial charge >= 0.3 is 180 Å². The fourth-order valence-electron chi connectivity index (χ4n) is 3.50. The number of halogens is 2. The van der Waals surface area contributed by atoms with Crippen molar-refractivity contribution in [3.63, 3.8) is 0 Å². The van der Waals surface area contributed by atoms with Gasteiger partial charge < -0.3 is 0 Å². The van der Waals surface area contributed by atoms with Crippen molar-refractivity contribution >= 4 is 59.3 Å². The fourth-order valence-corrected chi connectivity index (χ4v) is 11.1. The molecule has 0 aliphatic carbocycles. The van der Waals surface area contributed by atoms with Crippen molar-refractivity contribution in [1.29, 1.82) is 0 Å². The standard InChI is InChI=1S/C25H23I2N4O2S/c1-15-9-10-19(28-25(34)30-29-23(32)17-7-5-4-6-8-17)13-20(15)21-12-18-14-26-27-16(2)11-22(18)31(3)24(21)33/h4-14H,1-3H3,(H,29,32)(H2,28,30,34)/q-1. The topological polar surface area (TPSA) is 75.2 Å².